The fraction of sp³-hybridized carbons (Fsp3) is 0.167. The quantitative estimate of drug-likeness (QED) is 0.360. The van der Waals surface area contributed by atoms with Gasteiger partial charge in [0, 0.05) is 0 Å². The molecule has 27 heavy (non-hydrogen) atoms. The van der Waals surface area contributed by atoms with Crippen molar-refractivity contribution in [3.05, 3.63) is 106 Å². The van der Waals surface area contributed by atoms with E-state index < -0.39 is 0 Å². The minimum atomic E-state index is 0. The standard InChI is InChI=1S/C24H19.2ClH.Hf/c1-2-6-20-14-23(13-19(20)5-1)17-9-11-18(12-10-17)24-15-21-7-3-4-8-22(21)16-24;;;/h1-11,13,15H,12,14,16H2;2*1H;. The summed E-state index contributed by atoms with van der Waals surface area (Å²) in [5.74, 6) is 0. The topological polar surface area (TPSA) is 0 Å². The van der Waals surface area contributed by atoms with Gasteiger partial charge < -0.3 is 0 Å². The van der Waals surface area contributed by atoms with E-state index in [9.17, 15) is 0 Å². The Morgan fingerprint density at radius 1 is 0.778 bits per heavy atom. The molecular formula is C24H21Cl2Hf. The molecule has 0 spiro atoms. The van der Waals surface area contributed by atoms with Crippen LogP contribution in [0.2, 0.25) is 3.17 Å². The minimum absolute atomic E-state index is 0. The summed E-state index contributed by atoms with van der Waals surface area (Å²) in [6, 6.07) is 17.6. The summed E-state index contributed by atoms with van der Waals surface area (Å²) in [4.78, 5) is 0. The molecule has 5 rings (SSSR count). The van der Waals surface area contributed by atoms with Gasteiger partial charge in [0.05, 0.1) is 0 Å². The molecule has 3 heteroatoms. The van der Waals surface area contributed by atoms with Gasteiger partial charge in [-0.15, -0.1) is 24.8 Å². The van der Waals surface area contributed by atoms with Crippen LogP contribution >= 0.6 is 24.8 Å². The predicted octanol–water partition coefficient (Wildman–Crippen LogP) is 6.70. The van der Waals surface area contributed by atoms with Crippen molar-refractivity contribution < 1.29 is 24.4 Å². The van der Waals surface area contributed by atoms with Crippen molar-refractivity contribution in [3.63, 3.8) is 0 Å². The van der Waals surface area contributed by atoms with Crippen LogP contribution in [0.15, 0.2) is 83.5 Å². The molecule has 1 atom stereocenters. The van der Waals surface area contributed by atoms with Crippen LogP contribution in [-0.2, 0) is 37.2 Å². The molecule has 0 N–H and O–H groups in total. The molecule has 3 aliphatic carbocycles. The molecule has 0 nitrogen and oxygen atoms in total. The molecular weight excluding hydrogens is 538 g/mol. The van der Waals surface area contributed by atoms with E-state index in [1.54, 1.807) is 5.57 Å². The van der Waals surface area contributed by atoms with Crippen molar-refractivity contribution in [2.75, 3.05) is 0 Å². The summed E-state index contributed by atoms with van der Waals surface area (Å²) in [5, 5.41) is 0. The van der Waals surface area contributed by atoms with E-state index >= 15 is 0 Å². The van der Waals surface area contributed by atoms with E-state index in [1.807, 2.05) is 0 Å². The molecule has 2 aromatic rings. The number of hydrogen-bond donors (Lipinski definition) is 0. The first kappa shape index (κ1) is 20.6. The third-order valence-electron chi connectivity index (χ3n) is 5.67. The summed E-state index contributed by atoms with van der Waals surface area (Å²) in [6.45, 7) is 0. The van der Waals surface area contributed by atoms with Gasteiger partial charge in [-0.3, -0.25) is 0 Å². The molecule has 3 aliphatic rings. The van der Waals surface area contributed by atoms with Crippen LogP contribution < -0.4 is 0 Å². The van der Waals surface area contributed by atoms with Crippen LogP contribution in [0, 0.1) is 0 Å². The summed E-state index contributed by atoms with van der Waals surface area (Å²) in [7, 11) is 0. The molecule has 0 fully saturated rings. The van der Waals surface area contributed by atoms with Crippen LogP contribution in [0.3, 0.4) is 0 Å². The van der Waals surface area contributed by atoms with Gasteiger partial charge in [-0.05, 0) is 0 Å². The van der Waals surface area contributed by atoms with Crippen LogP contribution in [0.1, 0.15) is 28.7 Å². The van der Waals surface area contributed by atoms with E-state index in [0.717, 1.165) is 43.6 Å². The Morgan fingerprint density at radius 3 is 2.00 bits per heavy atom. The van der Waals surface area contributed by atoms with E-state index in [4.69, 9.17) is 0 Å². The molecule has 0 saturated carbocycles. The second-order valence-electron chi connectivity index (χ2n) is 7.26. The number of allylic oxidation sites excluding steroid dienone is 6. The first-order valence-corrected chi connectivity index (χ1v) is 10.7. The Balaban J connectivity index is 0.00000105. The predicted molar refractivity (Wildman–Crippen MR) is 115 cm³/mol. The van der Waals surface area contributed by atoms with Crippen LogP contribution in [0.25, 0.3) is 12.2 Å². The molecule has 0 aliphatic heterocycles. The van der Waals surface area contributed by atoms with Crippen molar-refractivity contribution in [2.45, 2.75) is 22.4 Å². The first-order chi connectivity index (χ1) is 12.2. The van der Waals surface area contributed by atoms with E-state index in [-0.39, 0.29) is 28.0 Å². The van der Waals surface area contributed by atoms with Crippen molar-refractivity contribution >= 4 is 37.0 Å². The Morgan fingerprint density at radius 2 is 1.41 bits per heavy atom. The molecule has 135 valence electrons. The summed E-state index contributed by atoms with van der Waals surface area (Å²) < 4.78 is 0.286. The molecule has 0 heterocycles. The average molecular weight is 559 g/mol. The number of fused-ring (bicyclic) bond motifs is 2. The molecule has 0 radical (unpaired) electrons. The maximum absolute atomic E-state index is 2.50. The molecule has 2 aromatic carbocycles. The maximum atomic E-state index is 2.50. The SMILES string of the molecule is Cl.Cl.[Hf][C]1(C2=Cc3ccccc3C2)C=CC(C2=Cc3ccccc3C2)=CC1. The summed E-state index contributed by atoms with van der Waals surface area (Å²) in [5.41, 5.74) is 10.3. The monoisotopic (exact) mass is 559 g/mol. The van der Waals surface area contributed by atoms with Gasteiger partial charge >= 0.3 is 165 Å². The van der Waals surface area contributed by atoms with Crippen molar-refractivity contribution in [1.29, 1.82) is 0 Å². The Labute approximate surface area is 188 Å². The van der Waals surface area contributed by atoms with Gasteiger partial charge in [0.15, 0.2) is 0 Å². The normalized spacial score (nSPS) is 21.8. The molecule has 0 amide bonds. The van der Waals surface area contributed by atoms with E-state index in [1.165, 1.54) is 33.4 Å². The zero-order valence-electron chi connectivity index (χ0n) is 14.9. The van der Waals surface area contributed by atoms with Gasteiger partial charge in [0.1, 0.15) is 0 Å². The second-order valence-corrected chi connectivity index (χ2v) is 10.5. The zero-order valence-corrected chi connectivity index (χ0v) is 20.2. The van der Waals surface area contributed by atoms with Crippen LogP contribution in [0.4, 0.5) is 0 Å². The summed E-state index contributed by atoms with van der Waals surface area (Å²) in [6.07, 6.45) is 15.5. The molecule has 0 saturated heterocycles. The van der Waals surface area contributed by atoms with Crippen molar-refractivity contribution in [2.24, 2.45) is 0 Å². The first-order valence-electron chi connectivity index (χ1n) is 8.93. The van der Waals surface area contributed by atoms with Gasteiger partial charge in [-0.1, -0.05) is 0 Å². The van der Waals surface area contributed by atoms with Crippen molar-refractivity contribution in [3.8, 4) is 0 Å². The summed E-state index contributed by atoms with van der Waals surface area (Å²) >= 11 is 1.16. The van der Waals surface area contributed by atoms with Gasteiger partial charge in [0.2, 0.25) is 0 Å². The Hall–Kier alpha value is -1.15. The average Bonchev–Trinajstić information content (AvgIpc) is 3.26. The molecule has 0 aromatic heterocycles. The van der Waals surface area contributed by atoms with Gasteiger partial charge in [0.25, 0.3) is 0 Å². The number of rotatable bonds is 2. The zero-order chi connectivity index (χ0) is 16.9. The van der Waals surface area contributed by atoms with E-state index in [0.29, 0.717) is 0 Å². The fourth-order valence-electron chi connectivity index (χ4n) is 4.15. The number of hydrogen-bond acceptors (Lipinski definition) is 0. The van der Waals surface area contributed by atoms with Gasteiger partial charge in [-0.2, -0.15) is 0 Å². The van der Waals surface area contributed by atoms with Gasteiger partial charge in [-0.25, -0.2) is 0 Å². The second kappa shape index (κ2) is 8.07. The Bertz CT molecular complexity index is 997. The Kier molecular flexibility index (Phi) is 6.15. The molecule has 1 unspecified atom stereocenters. The molecule has 0 bridgehead atoms. The third-order valence-corrected chi connectivity index (χ3v) is 8.15. The van der Waals surface area contributed by atoms with Crippen LogP contribution in [-0.4, -0.2) is 0 Å². The number of benzene rings is 2. The van der Waals surface area contributed by atoms with Crippen molar-refractivity contribution in [1.82, 2.24) is 0 Å². The van der Waals surface area contributed by atoms with E-state index in [2.05, 4.69) is 78.9 Å². The fourth-order valence-corrected chi connectivity index (χ4v) is 5.39. The number of halogens is 2. The van der Waals surface area contributed by atoms with Crippen LogP contribution in [0.5, 0.6) is 0 Å². The third kappa shape index (κ3) is 3.75.